The minimum absolute atomic E-state index is 0.147. The van der Waals surface area contributed by atoms with Crippen LogP contribution in [0.5, 0.6) is 5.75 Å². The summed E-state index contributed by atoms with van der Waals surface area (Å²) in [4.78, 5) is 12.3. The monoisotopic (exact) mass is 409 g/mol. The fourth-order valence-corrected chi connectivity index (χ4v) is 2.74. The zero-order chi connectivity index (χ0) is 16.1. The van der Waals surface area contributed by atoms with Crippen molar-refractivity contribution in [2.24, 2.45) is 0 Å². The van der Waals surface area contributed by atoms with Gasteiger partial charge in [-0.3, -0.25) is 4.79 Å². The molecule has 2 rings (SSSR count). The van der Waals surface area contributed by atoms with Crippen LogP contribution in [-0.2, 0) is 11.2 Å². The van der Waals surface area contributed by atoms with Crippen molar-refractivity contribution in [3.8, 4) is 5.75 Å². The van der Waals surface area contributed by atoms with E-state index < -0.39 is 6.10 Å². The highest BCUT2D eigenvalue weighted by molar-refractivity contribution is 14.1. The van der Waals surface area contributed by atoms with E-state index >= 15 is 0 Å². The van der Waals surface area contributed by atoms with Crippen LogP contribution in [0, 0.1) is 10.5 Å². The molecule has 1 unspecified atom stereocenters. The molecule has 0 aliphatic carbocycles. The number of benzene rings is 2. The van der Waals surface area contributed by atoms with Crippen molar-refractivity contribution < 1.29 is 9.53 Å². The number of amides is 1. The van der Waals surface area contributed by atoms with Crippen molar-refractivity contribution in [1.29, 1.82) is 0 Å². The van der Waals surface area contributed by atoms with Gasteiger partial charge in [-0.05, 0) is 84.3 Å². The Morgan fingerprint density at radius 3 is 2.73 bits per heavy atom. The maximum atomic E-state index is 12.3. The molecule has 0 bridgehead atoms. The summed E-state index contributed by atoms with van der Waals surface area (Å²) in [5.41, 5.74) is 3.06. The third-order valence-electron chi connectivity index (χ3n) is 3.44. The smallest absolute Gasteiger partial charge is 0.265 e. The zero-order valence-electron chi connectivity index (χ0n) is 13.0. The van der Waals surface area contributed by atoms with Crippen LogP contribution in [0.25, 0.3) is 0 Å². The van der Waals surface area contributed by atoms with Crippen LogP contribution in [0.1, 0.15) is 25.0 Å². The molecule has 0 heterocycles. The standard InChI is InChI=1S/C18H20INO2/c1-4-14-6-5-7-16(11-14)22-13(3)18(21)20-17-9-8-15(19)10-12(17)2/h5-11,13H,4H2,1-3H3,(H,20,21). The molecule has 0 fully saturated rings. The van der Waals surface area contributed by atoms with Crippen molar-refractivity contribution in [3.05, 3.63) is 57.2 Å². The van der Waals surface area contributed by atoms with E-state index in [1.807, 2.05) is 49.4 Å². The van der Waals surface area contributed by atoms with Crippen LogP contribution >= 0.6 is 22.6 Å². The van der Waals surface area contributed by atoms with Gasteiger partial charge in [0.05, 0.1) is 0 Å². The number of hydrogen-bond acceptors (Lipinski definition) is 2. The molecule has 0 spiro atoms. The molecule has 0 saturated heterocycles. The molecule has 0 aromatic heterocycles. The first kappa shape index (κ1) is 16.8. The number of ether oxygens (including phenoxy) is 1. The molecule has 0 aliphatic heterocycles. The summed E-state index contributed by atoms with van der Waals surface area (Å²) >= 11 is 2.25. The minimum atomic E-state index is -0.550. The van der Waals surface area contributed by atoms with Gasteiger partial charge in [0, 0.05) is 9.26 Å². The topological polar surface area (TPSA) is 38.3 Å². The van der Waals surface area contributed by atoms with Crippen molar-refractivity contribution in [3.63, 3.8) is 0 Å². The molecule has 1 amide bonds. The van der Waals surface area contributed by atoms with Gasteiger partial charge in [-0.15, -0.1) is 0 Å². The van der Waals surface area contributed by atoms with E-state index in [9.17, 15) is 4.79 Å². The lowest BCUT2D eigenvalue weighted by Gasteiger charge is -2.16. The SMILES string of the molecule is CCc1cccc(OC(C)C(=O)Nc2ccc(I)cc2C)c1. The Bertz CT molecular complexity index is 670. The number of hydrogen-bond donors (Lipinski definition) is 1. The predicted octanol–water partition coefficient (Wildman–Crippen LogP) is 4.57. The van der Waals surface area contributed by atoms with Gasteiger partial charge in [-0.2, -0.15) is 0 Å². The average Bonchev–Trinajstić information content (AvgIpc) is 2.50. The summed E-state index contributed by atoms with van der Waals surface area (Å²) in [6.45, 7) is 5.83. The van der Waals surface area contributed by atoms with Gasteiger partial charge in [-0.25, -0.2) is 0 Å². The van der Waals surface area contributed by atoms with Gasteiger partial charge in [0.1, 0.15) is 5.75 Å². The van der Waals surface area contributed by atoms with Gasteiger partial charge < -0.3 is 10.1 Å². The van der Waals surface area contributed by atoms with E-state index in [1.54, 1.807) is 6.92 Å². The number of rotatable bonds is 5. The predicted molar refractivity (Wildman–Crippen MR) is 98.4 cm³/mol. The number of carbonyl (C=O) groups is 1. The van der Waals surface area contributed by atoms with Crippen molar-refractivity contribution in [1.82, 2.24) is 0 Å². The highest BCUT2D eigenvalue weighted by Crippen LogP contribution is 2.19. The molecule has 3 nitrogen and oxygen atoms in total. The van der Waals surface area contributed by atoms with E-state index in [4.69, 9.17) is 4.74 Å². The third kappa shape index (κ3) is 4.47. The van der Waals surface area contributed by atoms with Gasteiger partial charge in [-0.1, -0.05) is 19.1 Å². The number of nitrogens with one attached hydrogen (secondary N) is 1. The summed E-state index contributed by atoms with van der Waals surface area (Å²) in [6.07, 6.45) is 0.394. The molecule has 0 saturated carbocycles. The Labute approximate surface area is 145 Å². The summed E-state index contributed by atoms with van der Waals surface area (Å²) < 4.78 is 6.89. The molecule has 0 radical (unpaired) electrons. The van der Waals surface area contributed by atoms with Crippen LogP contribution in [-0.4, -0.2) is 12.0 Å². The lowest BCUT2D eigenvalue weighted by atomic mass is 10.1. The van der Waals surface area contributed by atoms with Gasteiger partial charge in [0.15, 0.2) is 6.10 Å². The first-order chi connectivity index (χ1) is 10.5. The lowest BCUT2D eigenvalue weighted by Crippen LogP contribution is -2.30. The van der Waals surface area contributed by atoms with Crippen molar-refractivity contribution in [2.75, 3.05) is 5.32 Å². The molecule has 2 aromatic carbocycles. The van der Waals surface area contributed by atoms with Gasteiger partial charge in [0.25, 0.3) is 5.91 Å². The molecule has 1 atom stereocenters. The normalized spacial score (nSPS) is 11.8. The molecule has 2 aromatic rings. The molecule has 1 N–H and O–H groups in total. The van der Waals surface area contributed by atoms with Crippen LogP contribution in [0.4, 0.5) is 5.69 Å². The van der Waals surface area contributed by atoms with Crippen LogP contribution in [0.3, 0.4) is 0 Å². The Morgan fingerprint density at radius 2 is 2.05 bits per heavy atom. The Kier molecular flexibility index (Phi) is 5.83. The van der Waals surface area contributed by atoms with Crippen LogP contribution < -0.4 is 10.1 Å². The average molecular weight is 409 g/mol. The second kappa shape index (κ2) is 7.63. The molecular formula is C18H20INO2. The van der Waals surface area contributed by atoms with E-state index in [-0.39, 0.29) is 5.91 Å². The minimum Gasteiger partial charge on any atom is -0.481 e. The summed E-state index contributed by atoms with van der Waals surface area (Å²) in [6, 6.07) is 13.8. The van der Waals surface area contributed by atoms with E-state index in [2.05, 4.69) is 34.8 Å². The number of halogens is 1. The summed E-state index contributed by atoms with van der Waals surface area (Å²) in [5.74, 6) is 0.576. The highest BCUT2D eigenvalue weighted by Gasteiger charge is 2.15. The fraction of sp³-hybridized carbons (Fsp3) is 0.278. The van der Waals surface area contributed by atoms with Gasteiger partial charge in [0.2, 0.25) is 0 Å². The molecule has 4 heteroatoms. The van der Waals surface area contributed by atoms with Crippen molar-refractivity contribution >= 4 is 34.2 Å². The first-order valence-electron chi connectivity index (χ1n) is 7.32. The number of carbonyl (C=O) groups excluding carboxylic acids is 1. The molecule has 0 aliphatic rings. The maximum Gasteiger partial charge on any atom is 0.265 e. The summed E-state index contributed by atoms with van der Waals surface area (Å²) in [7, 11) is 0. The van der Waals surface area contributed by atoms with E-state index in [0.717, 1.165) is 27.0 Å². The molecule has 22 heavy (non-hydrogen) atoms. The van der Waals surface area contributed by atoms with Crippen LogP contribution in [0.2, 0.25) is 0 Å². The maximum absolute atomic E-state index is 12.3. The Morgan fingerprint density at radius 1 is 1.27 bits per heavy atom. The Balaban J connectivity index is 2.02. The van der Waals surface area contributed by atoms with Gasteiger partial charge >= 0.3 is 0 Å². The largest absolute Gasteiger partial charge is 0.481 e. The number of anilines is 1. The van der Waals surface area contributed by atoms with Crippen LogP contribution in [0.15, 0.2) is 42.5 Å². The highest BCUT2D eigenvalue weighted by atomic mass is 127. The second-order valence-electron chi connectivity index (χ2n) is 5.21. The van der Waals surface area contributed by atoms with E-state index in [1.165, 1.54) is 5.56 Å². The fourth-order valence-electron chi connectivity index (χ4n) is 2.10. The third-order valence-corrected chi connectivity index (χ3v) is 4.11. The first-order valence-corrected chi connectivity index (χ1v) is 8.40. The second-order valence-corrected chi connectivity index (χ2v) is 6.46. The summed E-state index contributed by atoms with van der Waals surface area (Å²) in [5, 5.41) is 2.92. The van der Waals surface area contributed by atoms with E-state index in [0.29, 0.717) is 0 Å². The van der Waals surface area contributed by atoms with Crippen molar-refractivity contribution in [2.45, 2.75) is 33.3 Å². The lowest BCUT2D eigenvalue weighted by molar-refractivity contribution is -0.122. The molecular weight excluding hydrogens is 389 g/mol. The Hall–Kier alpha value is -1.56. The molecule has 116 valence electrons. The quantitative estimate of drug-likeness (QED) is 0.735. The number of aryl methyl sites for hydroxylation is 2. The zero-order valence-corrected chi connectivity index (χ0v) is 15.2.